The van der Waals surface area contributed by atoms with E-state index >= 15 is 0 Å². The van der Waals surface area contributed by atoms with Crippen molar-refractivity contribution >= 4 is 0 Å². The highest BCUT2D eigenvalue weighted by molar-refractivity contribution is 4.87. The summed E-state index contributed by atoms with van der Waals surface area (Å²) in [7, 11) is 0. The molecule has 3 N–H and O–H groups in total. The van der Waals surface area contributed by atoms with Crippen LogP contribution in [0.5, 0.6) is 0 Å². The minimum atomic E-state index is -0.988. The quantitative estimate of drug-likeness (QED) is 0.329. The third kappa shape index (κ3) is 9.71. The van der Waals surface area contributed by atoms with Crippen molar-refractivity contribution in [2.45, 2.75) is 95.5 Å². The summed E-state index contributed by atoms with van der Waals surface area (Å²) in [5.41, 5.74) is 0. The molecule has 4 atom stereocenters. The molecule has 1 rings (SSSR count). The molecule has 1 fully saturated rings. The third-order valence-corrected chi connectivity index (χ3v) is 4.74. The Morgan fingerprint density at radius 2 is 1.60 bits per heavy atom. The van der Waals surface area contributed by atoms with E-state index in [1.807, 2.05) is 0 Å². The summed E-state index contributed by atoms with van der Waals surface area (Å²) in [5.74, 6) is 0. The van der Waals surface area contributed by atoms with E-state index in [0.717, 1.165) is 19.3 Å². The highest BCUT2D eigenvalue weighted by Crippen LogP contribution is 2.19. The lowest BCUT2D eigenvalue weighted by atomic mass is 10.0. The maximum Gasteiger partial charge on any atom is 0.114 e. The van der Waals surface area contributed by atoms with E-state index in [1.165, 1.54) is 44.9 Å². The molecule has 1 aliphatic rings. The highest BCUT2D eigenvalue weighted by Gasteiger charge is 2.39. The van der Waals surface area contributed by atoms with E-state index in [9.17, 15) is 15.3 Å². The molecule has 1 heterocycles. The van der Waals surface area contributed by atoms with Crippen molar-refractivity contribution in [3.8, 4) is 0 Å². The van der Waals surface area contributed by atoms with Crippen LogP contribution in [0.2, 0.25) is 0 Å². The molecule has 0 bridgehead atoms. The Bertz CT molecular complexity index is 332. The summed E-state index contributed by atoms with van der Waals surface area (Å²) < 4.78 is 11.0. The van der Waals surface area contributed by atoms with Gasteiger partial charge < -0.3 is 24.8 Å². The number of hydrogen-bond acceptors (Lipinski definition) is 5. The SMILES string of the molecule is CC/C=C/CCCCCCCCCCO[C@H]1[C@H](O)[C@@H](O)CO[C@@H]1CO. The van der Waals surface area contributed by atoms with Gasteiger partial charge in [0, 0.05) is 6.61 Å². The first kappa shape index (κ1) is 22.6. The van der Waals surface area contributed by atoms with Gasteiger partial charge in [-0.15, -0.1) is 0 Å². The predicted molar refractivity (Wildman–Crippen MR) is 99.6 cm³/mol. The fourth-order valence-electron chi connectivity index (χ4n) is 3.15. The number of hydrogen-bond donors (Lipinski definition) is 3. The summed E-state index contributed by atoms with van der Waals surface area (Å²) in [6.45, 7) is 2.53. The normalized spacial score (nSPS) is 27.2. The highest BCUT2D eigenvalue weighted by atomic mass is 16.6. The first-order valence-electron chi connectivity index (χ1n) is 10.1. The average molecular weight is 359 g/mol. The Hall–Kier alpha value is -0.460. The minimum Gasteiger partial charge on any atom is -0.394 e. The fourth-order valence-corrected chi connectivity index (χ4v) is 3.15. The van der Waals surface area contributed by atoms with Gasteiger partial charge in [0.05, 0.1) is 13.2 Å². The van der Waals surface area contributed by atoms with E-state index in [1.54, 1.807) is 0 Å². The molecule has 0 radical (unpaired) electrons. The number of allylic oxidation sites excluding steroid dienone is 2. The third-order valence-electron chi connectivity index (χ3n) is 4.74. The summed E-state index contributed by atoms with van der Waals surface area (Å²) >= 11 is 0. The molecule has 5 nitrogen and oxygen atoms in total. The maximum atomic E-state index is 9.96. The molecule has 25 heavy (non-hydrogen) atoms. The van der Waals surface area contributed by atoms with Crippen molar-refractivity contribution in [3.05, 3.63) is 12.2 Å². The average Bonchev–Trinajstić information content (AvgIpc) is 2.62. The topological polar surface area (TPSA) is 79.2 Å². The standard InChI is InChI=1S/C20H38O5/c1-2-3-4-5-6-7-8-9-10-11-12-13-14-24-20-18(15-21)25-16-17(22)19(20)23/h3-4,17-23H,2,5-16H2,1H3/b4-3+/t17-,18+,19+,20+/m0/s1. The molecule has 0 saturated carbocycles. The zero-order chi connectivity index (χ0) is 18.3. The van der Waals surface area contributed by atoms with Gasteiger partial charge in [-0.1, -0.05) is 57.6 Å². The van der Waals surface area contributed by atoms with Crippen LogP contribution >= 0.6 is 0 Å². The van der Waals surface area contributed by atoms with Gasteiger partial charge in [0.2, 0.25) is 0 Å². The number of ether oxygens (including phenoxy) is 2. The maximum absolute atomic E-state index is 9.96. The Morgan fingerprint density at radius 1 is 0.960 bits per heavy atom. The second kappa shape index (κ2) is 14.7. The van der Waals surface area contributed by atoms with Crippen molar-refractivity contribution in [2.75, 3.05) is 19.8 Å². The van der Waals surface area contributed by atoms with E-state index < -0.39 is 24.4 Å². The van der Waals surface area contributed by atoms with Crippen LogP contribution < -0.4 is 0 Å². The van der Waals surface area contributed by atoms with E-state index in [-0.39, 0.29) is 13.2 Å². The van der Waals surface area contributed by atoms with Crippen LogP contribution in [0.25, 0.3) is 0 Å². The number of aliphatic hydroxyl groups is 3. The van der Waals surface area contributed by atoms with Crippen molar-refractivity contribution in [3.63, 3.8) is 0 Å². The van der Waals surface area contributed by atoms with Crippen LogP contribution in [0.15, 0.2) is 12.2 Å². The second-order valence-electron chi connectivity index (χ2n) is 6.94. The smallest absolute Gasteiger partial charge is 0.114 e. The van der Waals surface area contributed by atoms with Gasteiger partial charge in [-0.3, -0.25) is 0 Å². The molecule has 1 aliphatic heterocycles. The first-order valence-corrected chi connectivity index (χ1v) is 10.1. The van der Waals surface area contributed by atoms with Gasteiger partial charge in [-0.05, 0) is 25.7 Å². The van der Waals surface area contributed by atoms with Gasteiger partial charge >= 0.3 is 0 Å². The molecule has 1 saturated heterocycles. The molecule has 5 heteroatoms. The molecule has 0 unspecified atom stereocenters. The van der Waals surface area contributed by atoms with Gasteiger partial charge in [-0.25, -0.2) is 0 Å². The second-order valence-corrected chi connectivity index (χ2v) is 6.94. The van der Waals surface area contributed by atoms with Gasteiger partial charge in [-0.2, -0.15) is 0 Å². The fraction of sp³-hybridized carbons (Fsp3) is 0.900. The number of rotatable bonds is 14. The minimum absolute atomic E-state index is 0.0428. The first-order chi connectivity index (χ1) is 12.2. The van der Waals surface area contributed by atoms with Gasteiger partial charge in [0.15, 0.2) is 0 Å². The van der Waals surface area contributed by atoms with Crippen LogP contribution in [0.1, 0.15) is 71.1 Å². The summed E-state index contributed by atoms with van der Waals surface area (Å²) in [5, 5.41) is 28.9. The Morgan fingerprint density at radius 3 is 2.24 bits per heavy atom. The monoisotopic (exact) mass is 358 g/mol. The largest absolute Gasteiger partial charge is 0.394 e. The van der Waals surface area contributed by atoms with Gasteiger partial charge in [0.1, 0.15) is 24.4 Å². The number of unbranched alkanes of at least 4 members (excludes halogenated alkanes) is 8. The van der Waals surface area contributed by atoms with E-state index in [0.29, 0.717) is 6.61 Å². The van der Waals surface area contributed by atoms with Crippen LogP contribution in [-0.2, 0) is 9.47 Å². The molecular formula is C20H38O5. The number of aliphatic hydroxyl groups excluding tert-OH is 3. The lowest BCUT2D eigenvalue weighted by molar-refractivity contribution is -0.211. The van der Waals surface area contributed by atoms with Crippen molar-refractivity contribution in [1.82, 2.24) is 0 Å². The van der Waals surface area contributed by atoms with Gasteiger partial charge in [0.25, 0.3) is 0 Å². The van der Waals surface area contributed by atoms with Crippen molar-refractivity contribution < 1.29 is 24.8 Å². The summed E-state index contributed by atoms with van der Waals surface area (Å²) in [6.07, 6.45) is 13.5. The Balaban J connectivity index is 1.95. The van der Waals surface area contributed by atoms with E-state index in [4.69, 9.17) is 9.47 Å². The molecule has 0 aromatic heterocycles. The van der Waals surface area contributed by atoms with Crippen LogP contribution in [0, 0.1) is 0 Å². The molecule has 0 aromatic carbocycles. The molecule has 148 valence electrons. The zero-order valence-corrected chi connectivity index (χ0v) is 15.8. The lowest BCUT2D eigenvalue weighted by Crippen LogP contribution is -2.55. The summed E-state index contributed by atoms with van der Waals surface area (Å²) in [6, 6.07) is 0. The summed E-state index contributed by atoms with van der Waals surface area (Å²) in [4.78, 5) is 0. The van der Waals surface area contributed by atoms with Crippen LogP contribution in [-0.4, -0.2) is 59.6 Å². The molecular weight excluding hydrogens is 320 g/mol. The van der Waals surface area contributed by atoms with E-state index in [2.05, 4.69) is 19.1 Å². The van der Waals surface area contributed by atoms with Crippen molar-refractivity contribution in [2.24, 2.45) is 0 Å². The zero-order valence-electron chi connectivity index (χ0n) is 15.8. The molecule has 0 spiro atoms. The molecule has 0 amide bonds. The lowest BCUT2D eigenvalue weighted by Gasteiger charge is -2.37. The Kier molecular flexibility index (Phi) is 13.3. The molecule has 0 aliphatic carbocycles. The van der Waals surface area contributed by atoms with Crippen molar-refractivity contribution in [1.29, 1.82) is 0 Å². The van der Waals surface area contributed by atoms with Crippen LogP contribution in [0.3, 0.4) is 0 Å². The Labute approximate surface area is 153 Å². The molecule has 0 aromatic rings. The predicted octanol–water partition coefficient (Wildman–Crippen LogP) is 2.96. The van der Waals surface area contributed by atoms with Crippen LogP contribution in [0.4, 0.5) is 0 Å².